The third kappa shape index (κ3) is 8.25. The number of primary amides is 1. The lowest BCUT2D eigenvalue weighted by Gasteiger charge is -2.17. The molecular formula is C26H26F6N6O5S. The SMILES string of the molecule is NC(=O)c1cn(CCc2ccc3c(n2)NCCC3)nc1C[C@H](NS(=O)(=O)Cc1cc(C(F)(F)F)cc(C(F)(F)F)c1)C(=O)O. The number of carbonyl (C=O) groups excluding carboxylic acids is 1. The zero-order valence-electron chi connectivity index (χ0n) is 22.7. The number of alkyl halides is 6. The number of amides is 1. The highest BCUT2D eigenvalue weighted by atomic mass is 32.2. The Morgan fingerprint density at radius 2 is 1.75 bits per heavy atom. The van der Waals surface area contributed by atoms with Crippen molar-refractivity contribution in [3.63, 3.8) is 0 Å². The van der Waals surface area contributed by atoms with Crippen LogP contribution >= 0.6 is 0 Å². The summed E-state index contributed by atoms with van der Waals surface area (Å²) in [5, 5.41) is 17.0. The van der Waals surface area contributed by atoms with Crippen LogP contribution in [0.5, 0.6) is 0 Å². The molecular weight excluding hydrogens is 622 g/mol. The molecule has 44 heavy (non-hydrogen) atoms. The van der Waals surface area contributed by atoms with Crippen molar-refractivity contribution in [1.82, 2.24) is 19.5 Å². The number of aryl methyl sites for hydroxylation is 3. The van der Waals surface area contributed by atoms with Gasteiger partial charge in [-0.05, 0) is 48.2 Å². The van der Waals surface area contributed by atoms with E-state index in [1.807, 2.05) is 12.1 Å². The van der Waals surface area contributed by atoms with Crippen molar-refractivity contribution in [1.29, 1.82) is 0 Å². The number of carboxylic acids is 1. The molecule has 18 heteroatoms. The molecule has 5 N–H and O–H groups in total. The molecule has 1 aliphatic rings. The van der Waals surface area contributed by atoms with Crippen LogP contribution in [-0.2, 0) is 58.7 Å². The number of nitrogens with one attached hydrogen (secondary N) is 2. The molecule has 0 saturated heterocycles. The number of nitrogens with zero attached hydrogens (tertiary/aromatic N) is 3. The maximum absolute atomic E-state index is 13.2. The zero-order valence-corrected chi connectivity index (χ0v) is 23.5. The Balaban J connectivity index is 1.52. The second-order valence-corrected chi connectivity index (χ2v) is 11.8. The Morgan fingerprint density at radius 1 is 1.09 bits per heavy atom. The zero-order chi connectivity index (χ0) is 32.4. The van der Waals surface area contributed by atoms with E-state index in [1.54, 1.807) is 4.72 Å². The Hall–Kier alpha value is -4.19. The number of fused-ring (bicyclic) bond motifs is 1. The Bertz CT molecular complexity index is 1640. The molecule has 0 saturated carbocycles. The van der Waals surface area contributed by atoms with E-state index in [1.165, 1.54) is 10.9 Å². The number of carbonyl (C=O) groups is 2. The molecule has 3 aromatic rings. The van der Waals surface area contributed by atoms with Gasteiger partial charge in [-0.3, -0.25) is 14.3 Å². The molecule has 0 unspecified atom stereocenters. The van der Waals surface area contributed by atoms with Crippen LogP contribution in [-0.4, -0.2) is 52.8 Å². The second-order valence-electron chi connectivity index (χ2n) is 10.1. The predicted octanol–water partition coefficient (Wildman–Crippen LogP) is 3.13. The topological polar surface area (TPSA) is 169 Å². The van der Waals surface area contributed by atoms with Gasteiger partial charge in [0.2, 0.25) is 10.0 Å². The van der Waals surface area contributed by atoms with Crippen LogP contribution in [0.25, 0.3) is 0 Å². The van der Waals surface area contributed by atoms with Gasteiger partial charge in [0, 0.05) is 37.8 Å². The number of aliphatic carboxylic acids is 1. The third-order valence-corrected chi connectivity index (χ3v) is 8.03. The third-order valence-electron chi connectivity index (χ3n) is 6.67. The van der Waals surface area contributed by atoms with Crippen molar-refractivity contribution in [2.24, 2.45) is 5.73 Å². The molecule has 0 fully saturated rings. The summed E-state index contributed by atoms with van der Waals surface area (Å²) in [5.74, 6) is -3.37. The summed E-state index contributed by atoms with van der Waals surface area (Å²) in [6, 6.07) is 2.07. The molecule has 2 aromatic heterocycles. The van der Waals surface area contributed by atoms with Crippen molar-refractivity contribution < 1.29 is 49.5 Å². The molecule has 1 amide bonds. The molecule has 11 nitrogen and oxygen atoms in total. The molecule has 3 heterocycles. The lowest BCUT2D eigenvalue weighted by molar-refractivity contribution is -0.143. The molecule has 0 spiro atoms. The number of anilines is 1. The standard InChI is InChI=1S/C26H26F6N6O5S/c27-25(28,29)16-8-14(9-17(10-16)26(30,31)32)13-44(42,43)37-21(24(40)41)11-20-19(22(33)39)12-38(36-20)7-5-18-4-3-15-2-1-6-34-23(15)35-18/h3-4,8-10,12,21,37H,1-2,5-7,11,13H2,(H2,33,39)(H,34,35)(H,40,41)/t21-/m0/s1. The first-order valence-corrected chi connectivity index (χ1v) is 14.7. The first-order valence-electron chi connectivity index (χ1n) is 13.0. The van der Waals surface area contributed by atoms with Crippen molar-refractivity contribution in [2.75, 3.05) is 11.9 Å². The van der Waals surface area contributed by atoms with Gasteiger partial charge >= 0.3 is 18.3 Å². The number of pyridine rings is 1. The predicted molar refractivity (Wildman–Crippen MR) is 143 cm³/mol. The van der Waals surface area contributed by atoms with Crippen molar-refractivity contribution in [3.05, 3.63) is 75.7 Å². The summed E-state index contributed by atoms with van der Waals surface area (Å²) in [6.45, 7) is 0.976. The fraction of sp³-hybridized carbons (Fsp3) is 0.385. The monoisotopic (exact) mass is 648 g/mol. The highest BCUT2D eigenvalue weighted by molar-refractivity contribution is 7.88. The fourth-order valence-corrected chi connectivity index (χ4v) is 5.93. The average molecular weight is 649 g/mol. The quantitative estimate of drug-likeness (QED) is 0.230. The summed E-state index contributed by atoms with van der Waals surface area (Å²) in [4.78, 5) is 28.5. The van der Waals surface area contributed by atoms with Crippen LogP contribution in [0, 0.1) is 0 Å². The van der Waals surface area contributed by atoms with E-state index in [2.05, 4.69) is 15.4 Å². The summed E-state index contributed by atoms with van der Waals surface area (Å²) in [5.41, 5.74) is 2.46. The lowest BCUT2D eigenvalue weighted by atomic mass is 10.1. The van der Waals surface area contributed by atoms with Crippen LogP contribution in [0.15, 0.2) is 36.5 Å². The Kier molecular flexibility index (Phi) is 9.24. The number of carboxylic acid groups (broad SMARTS) is 1. The van der Waals surface area contributed by atoms with Gasteiger partial charge in [-0.2, -0.15) is 31.4 Å². The summed E-state index contributed by atoms with van der Waals surface area (Å²) in [7, 11) is -4.83. The number of halogens is 6. The Labute approximate surface area is 246 Å². The van der Waals surface area contributed by atoms with E-state index < -0.39 is 69.2 Å². The smallest absolute Gasteiger partial charge is 0.416 e. The van der Waals surface area contributed by atoms with Gasteiger partial charge in [-0.15, -0.1) is 0 Å². The number of hydrogen-bond donors (Lipinski definition) is 4. The molecule has 1 atom stereocenters. The van der Waals surface area contributed by atoms with Gasteiger partial charge in [0.15, 0.2) is 0 Å². The van der Waals surface area contributed by atoms with Gasteiger partial charge in [0.1, 0.15) is 11.9 Å². The van der Waals surface area contributed by atoms with Crippen molar-refractivity contribution in [3.8, 4) is 0 Å². The lowest BCUT2D eigenvalue weighted by Crippen LogP contribution is -2.43. The first-order chi connectivity index (χ1) is 20.4. The first kappa shape index (κ1) is 32.7. The highest BCUT2D eigenvalue weighted by Crippen LogP contribution is 2.36. The van der Waals surface area contributed by atoms with Gasteiger partial charge in [0.05, 0.1) is 28.1 Å². The van der Waals surface area contributed by atoms with Gasteiger partial charge in [0.25, 0.3) is 5.91 Å². The van der Waals surface area contributed by atoms with Crippen LogP contribution in [0.1, 0.15) is 50.4 Å². The molecule has 0 bridgehead atoms. The maximum atomic E-state index is 13.2. The number of rotatable bonds is 11. The molecule has 1 aliphatic heterocycles. The van der Waals surface area contributed by atoms with E-state index in [0.29, 0.717) is 12.1 Å². The molecule has 1 aromatic carbocycles. The summed E-state index contributed by atoms with van der Waals surface area (Å²) in [6.07, 6.45) is -7.65. The number of benzene rings is 1. The minimum absolute atomic E-state index is 0.163. The van der Waals surface area contributed by atoms with Gasteiger partial charge in [-0.25, -0.2) is 18.1 Å². The van der Waals surface area contributed by atoms with Crippen LogP contribution < -0.4 is 15.8 Å². The second kappa shape index (κ2) is 12.4. The van der Waals surface area contributed by atoms with Gasteiger partial charge in [-0.1, -0.05) is 6.07 Å². The van der Waals surface area contributed by atoms with E-state index in [9.17, 15) is 49.5 Å². The fourth-order valence-electron chi connectivity index (χ4n) is 4.62. The molecule has 0 aliphatic carbocycles. The number of nitrogens with two attached hydrogens (primary N) is 1. The summed E-state index contributed by atoms with van der Waals surface area (Å²) >= 11 is 0. The van der Waals surface area contributed by atoms with Crippen molar-refractivity contribution in [2.45, 2.75) is 56.4 Å². The van der Waals surface area contributed by atoms with Crippen LogP contribution in [0.2, 0.25) is 0 Å². The van der Waals surface area contributed by atoms with Crippen molar-refractivity contribution >= 4 is 27.7 Å². The highest BCUT2D eigenvalue weighted by Gasteiger charge is 2.37. The van der Waals surface area contributed by atoms with E-state index >= 15 is 0 Å². The van der Waals surface area contributed by atoms with E-state index in [0.717, 1.165) is 30.8 Å². The van der Waals surface area contributed by atoms with Gasteiger partial charge < -0.3 is 16.2 Å². The Morgan fingerprint density at radius 3 is 2.34 bits per heavy atom. The normalized spacial score (nSPS) is 14.5. The molecule has 4 rings (SSSR count). The van der Waals surface area contributed by atoms with Crippen LogP contribution in [0.4, 0.5) is 32.2 Å². The molecule has 238 valence electrons. The van der Waals surface area contributed by atoms with E-state index in [4.69, 9.17) is 5.73 Å². The number of aromatic nitrogens is 3. The average Bonchev–Trinajstić information content (AvgIpc) is 3.33. The van der Waals surface area contributed by atoms with Crippen LogP contribution in [0.3, 0.4) is 0 Å². The number of sulfonamides is 1. The minimum Gasteiger partial charge on any atom is -0.480 e. The largest absolute Gasteiger partial charge is 0.480 e. The molecule has 0 radical (unpaired) electrons. The maximum Gasteiger partial charge on any atom is 0.416 e. The minimum atomic E-state index is -5.21. The number of hydrogen-bond acceptors (Lipinski definition) is 7. The summed E-state index contributed by atoms with van der Waals surface area (Å²) < 4.78 is 108. The van der Waals surface area contributed by atoms with E-state index in [-0.39, 0.29) is 36.0 Å².